The monoisotopic (exact) mass is 328 g/mol. The topological polar surface area (TPSA) is 26.3 Å². The Hall–Kier alpha value is -1.11. The molecule has 1 atom stereocenters. The largest absolute Gasteiger partial charge is 0.434 e. The molecule has 0 bridgehead atoms. The van der Waals surface area contributed by atoms with Crippen molar-refractivity contribution in [3.8, 4) is 5.75 Å². The van der Waals surface area contributed by atoms with Gasteiger partial charge in [-0.1, -0.05) is 22.0 Å². The van der Waals surface area contributed by atoms with Crippen LogP contribution in [0.5, 0.6) is 5.75 Å². The molecule has 0 heterocycles. The number of rotatable bonds is 5. The molecular formula is C11H9BrF4O2. The molecule has 1 unspecified atom stereocenters. The third-order valence-corrected chi connectivity index (χ3v) is 2.52. The van der Waals surface area contributed by atoms with Gasteiger partial charge in [-0.15, -0.1) is 0 Å². The van der Waals surface area contributed by atoms with E-state index in [4.69, 9.17) is 0 Å². The van der Waals surface area contributed by atoms with Gasteiger partial charge in [0.25, 0.3) is 6.43 Å². The third kappa shape index (κ3) is 3.69. The van der Waals surface area contributed by atoms with Crippen LogP contribution in [0.3, 0.4) is 0 Å². The Morgan fingerprint density at radius 3 is 2.33 bits per heavy atom. The molecule has 1 rings (SSSR count). The first-order chi connectivity index (χ1) is 8.32. The van der Waals surface area contributed by atoms with Gasteiger partial charge in [0.1, 0.15) is 5.75 Å². The molecule has 2 nitrogen and oxygen atoms in total. The lowest BCUT2D eigenvalue weighted by Gasteiger charge is -2.12. The fourth-order valence-corrected chi connectivity index (χ4v) is 1.53. The van der Waals surface area contributed by atoms with E-state index in [1.54, 1.807) is 0 Å². The Kier molecular flexibility index (Phi) is 5.13. The fraction of sp³-hybridized carbons (Fsp3) is 0.364. The summed E-state index contributed by atoms with van der Waals surface area (Å²) in [4.78, 5) is 11.0. The lowest BCUT2D eigenvalue weighted by molar-refractivity contribution is -0.0503. The highest BCUT2D eigenvalue weighted by Crippen LogP contribution is 2.29. The van der Waals surface area contributed by atoms with Gasteiger partial charge in [0.15, 0.2) is 5.78 Å². The summed E-state index contributed by atoms with van der Waals surface area (Å²) < 4.78 is 53.3. The average molecular weight is 329 g/mol. The van der Waals surface area contributed by atoms with Crippen LogP contribution in [-0.2, 0) is 0 Å². The number of halogens is 5. The van der Waals surface area contributed by atoms with Crippen molar-refractivity contribution < 1.29 is 27.1 Å². The summed E-state index contributed by atoms with van der Waals surface area (Å²) in [5.74, 6) is -1.06. The molecular weight excluding hydrogens is 320 g/mol. The van der Waals surface area contributed by atoms with Gasteiger partial charge >= 0.3 is 6.61 Å². The number of benzene rings is 1. The Morgan fingerprint density at radius 2 is 1.89 bits per heavy atom. The Balaban J connectivity index is 3.20. The maximum Gasteiger partial charge on any atom is 0.387 e. The first-order valence-corrected chi connectivity index (χ1v) is 5.79. The molecule has 0 aromatic heterocycles. The van der Waals surface area contributed by atoms with Crippen molar-refractivity contribution in [1.29, 1.82) is 0 Å². The maximum atomic E-state index is 12.4. The zero-order chi connectivity index (χ0) is 13.9. The summed E-state index contributed by atoms with van der Waals surface area (Å²) in [5, 5.41) is 0. The van der Waals surface area contributed by atoms with Gasteiger partial charge in [0, 0.05) is 5.56 Å². The van der Waals surface area contributed by atoms with E-state index in [0.717, 1.165) is 18.2 Å². The van der Waals surface area contributed by atoms with Crippen molar-refractivity contribution >= 4 is 21.7 Å². The minimum Gasteiger partial charge on any atom is -0.434 e. The van der Waals surface area contributed by atoms with Gasteiger partial charge in [-0.25, -0.2) is 8.78 Å². The summed E-state index contributed by atoms with van der Waals surface area (Å²) in [7, 11) is 0. The fourth-order valence-electron chi connectivity index (χ4n) is 1.29. The first kappa shape index (κ1) is 14.9. The van der Waals surface area contributed by atoms with Crippen LogP contribution in [0.1, 0.15) is 29.3 Å². The SMILES string of the molecule is CC(Br)C(=O)c1ccc(C(F)F)cc1OC(F)F. The second-order valence-electron chi connectivity index (χ2n) is 3.42. The summed E-state index contributed by atoms with van der Waals surface area (Å²) in [6.07, 6.45) is -2.82. The van der Waals surface area contributed by atoms with Gasteiger partial charge in [-0.05, 0) is 19.1 Å². The standard InChI is InChI=1S/C11H9BrF4O2/c1-5(12)9(17)7-3-2-6(10(13)14)4-8(7)18-11(15)16/h2-5,10-11H,1H3. The number of hydrogen-bond donors (Lipinski definition) is 0. The number of hydrogen-bond acceptors (Lipinski definition) is 2. The molecule has 0 saturated heterocycles. The summed E-state index contributed by atoms with van der Waals surface area (Å²) in [6, 6.07) is 2.81. The van der Waals surface area contributed by atoms with E-state index in [9.17, 15) is 22.4 Å². The second kappa shape index (κ2) is 6.17. The summed E-state index contributed by atoms with van der Waals surface area (Å²) in [6.45, 7) is -1.69. The van der Waals surface area contributed by atoms with Crippen molar-refractivity contribution in [2.24, 2.45) is 0 Å². The van der Waals surface area contributed by atoms with Crippen LogP contribution in [0.15, 0.2) is 18.2 Å². The highest BCUT2D eigenvalue weighted by Gasteiger charge is 2.21. The van der Waals surface area contributed by atoms with Crippen molar-refractivity contribution in [2.75, 3.05) is 0 Å². The predicted octanol–water partition coefficient (Wildman–Crippen LogP) is 4.19. The average Bonchev–Trinajstić information content (AvgIpc) is 2.26. The molecule has 7 heteroatoms. The molecule has 1 aromatic carbocycles. The van der Waals surface area contributed by atoms with Crippen molar-refractivity contribution in [3.05, 3.63) is 29.3 Å². The number of ketones is 1. The molecule has 0 N–H and O–H groups in total. The number of carbonyl (C=O) groups excluding carboxylic acids is 1. The van der Waals surface area contributed by atoms with Crippen LogP contribution in [0.25, 0.3) is 0 Å². The maximum absolute atomic E-state index is 12.4. The zero-order valence-corrected chi connectivity index (χ0v) is 10.8. The van der Waals surface area contributed by atoms with Crippen LogP contribution in [0, 0.1) is 0 Å². The Labute approximate surface area is 109 Å². The molecule has 0 aliphatic heterocycles. The highest BCUT2D eigenvalue weighted by molar-refractivity contribution is 9.10. The van der Waals surface area contributed by atoms with E-state index in [0.29, 0.717) is 0 Å². The van der Waals surface area contributed by atoms with Gasteiger partial charge in [-0.3, -0.25) is 4.79 Å². The minimum absolute atomic E-state index is 0.163. The van der Waals surface area contributed by atoms with E-state index >= 15 is 0 Å². The molecule has 0 amide bonds. The summed E-state index contributed by atoms with van der Waals surface area (Å²) >= 11 is 2.98. The molecule has 0 radical (unpaired) electrons. The third-order valence-electron chi connectivity index (χ3n) is 2.10. The Morgan fingerprint density at radius 1 is 1.28 bits per heavy atom. The van der Waals surface area contributed by atoms with Crippen LogP contribution < -0.4 is 4.74 Å². The number of Topliss-reactive ketones (excluding diaryl/α,β-unsaturated/α-hetero) is 1. The first-order valence-electron chi connectivity index (χ1n) is 4.88. The van der Waals surface area contributed by atoms with Gasteiger partial charge in [0.05, 0.1) is 10.4 Å². The van der Waals surface area contributed by atoms with Crippen molar-refractivity contribution in [3.63, 3.8) is 0 Å². The van der Waals surface area contributed by atoms with Crippen molar-refractivity contribution in [1.82, 2.24) is 0 Å². The van der Waals surface area contributed by atoms with Crippen molar-refractivity contribution in [2.45, 2.75) is 24.8 Å². The van der Waals surface area contributed by atoms with E-state index in [1.807, 2.05) is 0 Å². The molecule has 1 aromatic rings. The second-order valence-corrected chi connectivity index (χ2v) is 4.79. The molecule has 0 spiro atoms. The number of ether oxygens (including phenoxy) is 1. The quantitative estimate of drug-likeness (QED) is 0.460. The van der Waals surface area contributed by atoms with E-state index < -0.39 is 35.0 Å². The molecule has 0 aliphatic rings. The van der Waals surface area contributed by atoms with Crippen LogP contribution in [0.2, 0.25) is 0 Å². The molecule has 0 saturated carbocycles. The highest BCUT2D eigenvalue weighted by atomic mass is 79.9. The molecule has 0 aliphatic carbocycles. The van der Waals surface area contributed by atoms with Crippen LogP contribution >= 0.6 is 15.9 Å². The Bertz CT molecular complexity index is 435. The van der Waals surface area contributed by atoms with Gasteiger partial charge in [-0.2, -0.15) is 8.78 Å². The van der Waals surface area contributed by atoms with E-state index in [-0.39, 0.29) is 5.56 Å². The molecule has 18 heavy (non-hydrogen) atoms. The molecule has 100 valence electrons. The zero-order valence-electron chi connectivity index (χ0n) is 9.17. The summed E-state index contributed by atoms with van der Waals surface area (Å²) in [5.41, 5.74) is -0.645. The number of carbonyl (C=O) groups is 1. The smallest absolute Gasteiger partial charge is 0.387 e. The predicted molar refractivity (Wildman–Crippen MR) is 60.8 cm³/mol. The minimum atomic E-state index is -3.19. The number of alkyl halides is 5. The van der Waals surface area contributed by atoms with E-state index in [2.05, 4.69) is 20.7 Å². The van der Waals surface area contributed by atoms with Crippen LogP contribution in [0.4, 0.5) is 17.6 Å². The lowest BCUT2D eigenvalue weighted by Crippen LogP contribution is -2.14. The molecule has 0 fully saturated rings. The normalized spacial score (nSPS) is 12.9. The van der Waals surface area contributed by atoms with Gasteiger partial charge < -0.3 is 4.74 Å². The lowest BCUT2D eigenvalue weighted by atomic mass is 10.1. The van der Waals surface area contributed by atoms with Crippen LogP contribution in [-0.4, -0.2) is 17.2 Å². The van der Waals surface area contributed by atoms with E-state index in [1.165, 1.54) is 6.92 Å². The van der Waals surface area contributed by atoms with Gasteiger partial charge in [0.2, 0.25) is 0 Å².